The van der Waals surface area contributed by atoms with E-state index in [4.69, 9.17) is 4.74 Å². The van der Waals surface area contributed by atoms with Crippen molar-refractivity contribution >= 4 is 12.1 Å². The van der Waals surface area contributed by atoms with Crippen molar-refractivity contribution in [3.05, 3.63) is 12.2 Å². The van der Waals surface area contributed by atoms with E-state index in [-0.39, 0.29) is 6.04 Å². The largest absolute Gasteiger partial charge is 0.466 e. The van der Waals surface area contributed by atoms with Gasteiger partial charge in [-0.25, -0.2) is 9.59 Å². The lowest BCUT2D eigenvalue weighted by Gasteiger charge is -2.22. The zero-order valence-corrected chi connectivity index (χ0v) is 11.8. The number of hydrogen-bond acceptors (Lipinski definition) is 4. The van der Waals surface area contributed by atoms with Gasteiger partial charge in [-0.2, -0.15) is 0 Å². The van der Waals surface area contributed by atoms with Crippen LogP contribution in [0.2, 0.25) is 0 Å². The van der Waals surface area contributed by atoms with E-state index in [1.54, 1.807) is 26.8 Å². The smallest absolute Gasteiger partial charge is 0.408 e. The molecule has 0 unspecified atom stereocenters. The SMILES string of the molecule is CCC[C@@H](/C=C/C(=O)OC)NC(=O)OC(C)(C)C. The summed E-state index contributed by atoms with van der Waals surface area (Å²) < 4.78 is 9.64. The molecule has 104 valence electrons. The summed E-state index contributed by atoms with van der Waals surface area (Å²) in [5.41, 5.74) is -0.535. The topological polar surface area (TPSA) is 64.6 Å². The van der Waals surface area contributed by atoms with Crippen LogP contribution in [0.5, 0.6) is 0 Å². The first kappa shape index (κ1) is 16.5. The molecule has 1 N–H and O–H groups in total. The van der Waals surface area contributed by atoms with E-state index in [9.17, 15) is 9.59 Å². The fourth-order valence-electron chi connectivity index (χ4n) is 1.25. The highest BCUT2D eigenvalue weighted by Gasteiger charge is 2.18. The Morgan fingerprint density at radius 3 is 2.39 bits per heavy atom. The van der Waals surface area contributed by atoms with Crippen molar-refractivity contribution in [1.82, 2.24) is 5.32 Å². The normalized spacial score (nSPS) is 13.2. The number of carbonyl (C=O) groups excluding carboxylic acids is 2. The summed E-state index contributed by atoms with van der Waals surface area (Å²) in [6, 6.07) is -0.232. The first-order chi connectivity index (χ1) is 8.28. The zero-order valence-electron chi connectivity index (χ0n) is 11.8. The molecule has 0 heterocycles. The van der Waals surface area contributed by atoms with Gasteiger partial charge in [0.2, 0.25) is 0 Å². The molecule has 0 aromatic carbocycles. The van der Waals surface area contributed by atoms with Crippen molar-refractivity contribution in [3.8, 4) is 0 Å². The lowest BCUT2D eigenvalue weighted by Crippen LogP contribution is -2.38. The van der Waals surface area contributed by atoms with Gasteiger partial charge in [-0.05, 0) is 27.2 Å². The van der Waals surface area contributed by atoms with Crippen LogP contribution >= 0.6 is 0 Å². The molecule has 0 aliphatic rings. The molecule has 1 atom stereocenters. The minimum atomic E-state index is -0.535. The van der Waals surface area contributed by atoms with E-state index in [0.29, 0.717) is 0 Å². The van der Waals surface area contributed by atoms with Crippen molar-refractivity contribution in [2.75, 3.05) is 7.11 Å². The molecule has 0 spiro atoms. The summed E-state index contributed by atoms with van der Waals surface area (Å²) in [6.45, 7) is 7.39. The van der Waals surface area contributed by atoms with Crippen molar-refractivity contribution < 1.29 is 19.1 Å². The molecule has 0 aliphatic heterocycles. The summed E-state index contributed by atoms with van der Waals surface area (Å²) in [6.07, 6.45) is 4.03. The van der Waals surface area contributed by atoms with Crippen molar-refractivity contribution in [2.24, 2.45) is 0 Å². The van der Waals surface area contributed by atoms with E-state index in [1.165, 1.54) is 13.2 Å². The number of methoxy groups -OCH3 is 1. The van der Waals surface area contributed by atoms with Gasteiger partial charge >= 0.3 is 12.1 Å². The van der Waals surface area contributed by atoms with Crippen molar-refractivity contribution in [3.63, 3.8) is 0 Å². The number of alkyl carbamates (subject to hydrolysis) is 1. The molecule has 0 saturated heterocycles. The molecule has 0 bridgehead atoms. The highest BCUT2D eigenvalue weighted by Crippen LogP contribution is 2.08. The number of amides is 1. The van der Waals surface area contributed by atoms with Crippen LogP contribution in [-0.4, -0.2) is 30.8 Å². The molecule has 1 amide bonds. The minimum absolute atomic E-state index is 0.232. The maximum absolute atomic E-state index is 11.6. The summed E-state index contributed by atoms with van der Waals surface area (Å²) in [4.78, 5) is 22.6. The maximum atomic E-state index is 11.6. The van der Waals surface area contributed by atoms with Crippen LogP contribution in [0.25, 0.3) is 0 Å². The highest BCUT2D eigenvalue weighted by molar-refractivity contribution is 5.82. The second-order valence-electron chi connectivity index (χ2n) is 4.92. The summed E-state index contributed by atoms with van der Waals surface area (Å²) in [7, 11) is 1.31. The zero-order chi connectivity index (χ0) is 14.2. The van der Waals surface area contributed by atoms with Gasteiger partial charge in [0, 0.05) is 6.08 Å². The van der Waals surface area contributed by atoms with E-state index in [0.717, 1.165) is 12.8 Å². The van der Waals surface area contributed by atoms with E-state index in [1.807, 2.05) is 6.92 Å². The van der Waals surface area contributed by atoms with Gasteiger partial charge in [0.05, 0.1) is 13.2 Å². The van der Waals surface area contributed by atoms with Crippen LogP contribution < -0.4 is 5.32 Å². The van der Waals surface area contributed by atoms with E-state index in [2.05, 4.69) is 10.1 Å². The Labute approximate surface area is 109 Å². The molecular weight excluding hydrogens is 234 g/mol. The minimum Gasteiger partial charge on any atom is -0.466 e. The second-order valence-corrected chi connectivity index (χ2v) is 4.92. The van der Waals surface area contributed by atoms with Crippen LogP contribution in [0.3, 0.4) is 0 Å². The van der Waals surface area contributed by atoms with Crippen LogP contribution in [-0.2, 0) is 14.3 Å². The van der Waals surface area contributed by atoms with Crippen LogP contribution in [0.15, 0.2) is 12.2 Å². The lowest BCUT2D eigenvalue weighted by atomic mass is 10.1. The Kier molecular flexibility index (Phi) is 7.08. The maximum Gasteiger partial charge on any atom is 0.408 e. The van der Waals surface area contributed by atoms with Crippen LogP contribution in [0, 0.1) is 0 Å². The number of esters is 1. The predicted molar refractivity (Wildman–Crippen MR) is 69.2 cm³/mol. The Morgan fingerprint density at radius 1 is 1.33 bits per heavy atom. The first-order valence-electron chi connectivity index (χ1n) is 6.04. The molecule has 0 aromatic heterocycles. The average molecular weight is 257 g/mol. The summed E-state index contributed by atoms with van der Waals surface area (Å²) >= 11 is 0. The molecule has 5 heteroatoms. The van der Waals surface area contributed by atoms with Gasteiger partial charge in [0.1, 0.15) is 5.60 Å². The molecule has 18 heavy (non-hydrogen) atoms. The van der Waals surface area contributed by atoms with Crippen molar-refractivity contribution in [1.29, 1.82) is 0 Å². The number of carbonyl (C=O) groups is 2. The van der Waals surface area contributed by atoms with Crippen LogP contribution in [0.1, 0.15) is 40.5 Å². The first-order valence-corrected chi connectivity index (χ1v) is 6.04. The van der Waals surface area contributed by atoms with Gasteiger partial charge in [-0.3, -0.25) is 0 Å². The monoisotopic (exact) mass is 257 g/mol. The van der Waals surface area contributed by atoms with E-state index < -0.39 is 17.7 Å². The quantitative estimate of drug-likeness (QED) is 0.606. The molecule has 0 aliphatic carbocycles. The molecule has 0 rings (SSSR count). The fraction of sp³-hybridized carbons (Fsp3) is 0.692. The fourth-order valence-corrected chi connectivity index (χ4v) is 1.25. The predicted octanol–water partition coefficient (Wildman–Crippen LogP) is 2.41. The standard InChI is InChI=1S/C13H23NO4/c1-6-7-10(8-9-11(15)17-5)14-12(16)18-13(2,3)4/h8-10H,6-7H2,1-5H3,(H,14,16)/b9-8+/t10-/m0/s1. The summed E-state index contributed by atoms with van der Waals surface area (Å²) in [5, 5.41) is 2.70. The molecule has 0 saturated carbocycles. The summed E-state index contributed by atoms with van der Waals surface area (Å²) in [5.74, 6) is -0.443. The second kappa shape index (κ2) is 7.74. The average Bonchev–Trinajstić information content (AvgIpc) is 2.23. The van der Waals surface area contributed by atoms with Gasteiger partial charge in [-0.15, -0.1) is 0 Å². The van der Waals surface area contributed by atoms with Crippen molar-refractivity contribution in [2.45, 2.75) is 52.2 Å². The molecule has 5 nitrogen and oxygen atoms in total. The van der Waals surface area contributed by atoms with E-state index >= 15 is 0 Å². The lowest BCUT2D eigenvalue weighted by molar-refractivity contribution is -0.134. The highest BCUT2D eigenvalue weighted by atomic mass is 16.6. The number of rotatable bonds is 5. The Bertz CT molecular complexity index is 305. The third kappa shape index (κ3) is 8.61. The van der Waals surface area contributed by atoms with Gasteiger partial charge in [0.15, 0.2) is 0 Å². The van der Waals surface area contributed by atoms with Gasteiger partial charge in [-0.1, -0.05) is 19.4 Å². The third-order valence-electron chi connectivity index (χ3n) is 1.97. The number of nitrogens with one attached hydrogen (secondary N) is 1. The Balaban J connectivity index is 4.39. The van der Waals surface area contributed by atoms with Gasteiger partial charge < -0.3 is 14.8 Å². The Hall–Kier alpha value is -1.52. The third-order valence-corrected chi connectivity index (χ3v) is 1.97. The number of hydrogen-bond donors (Lipinski definition) is 1. The Morgan fingerprint density at radius 2 is 1.94 bits per heavy atom. The van der Waals surface area contributed by atoms with Crippen LogP contribution in [0.4, 0.5) is 4.79 Å². The number of ether oxygens (including phenoxy) is 2. The molecule has 0 aromatic rings. The molecular formula is C13H23NO4. The molecule has 0 fully saturated rings. The molecule has 0 radical (unpaired) electrons. The van der Waals surface area contributed by atoms with Gasteiger partial charge in [0.25, 0.3) is 0 Å².